The second-order valence-corrected chi connectivity index (χ2v) is 8.37. The molecule has 0 unspecified atom stereocenters. The van der Waals surface area contributed by atoms with Crippen molar-refractivity contribution < 1.29 is 19.1 Å². The number of rotatable bonds is 7. The molecule has 9 heteroatoms. The number of hydrazine groups is 1. The van der Waals surface area contributed by atoms with E-state index in [9.17, 15) is 9.59 Å². The van der Waals surface area contributed by atoms with Crippen LogP contribution in [0.3, 0.4) is 0 Å². The summed E-state index contributed by atoms with van der Waals surface area (Å²) in [5.74, 6) is 0.583. The highest BCUT2D eigenvalue weighted by molar-refractivity contribution is 9.10. The molecule has 1 heterocycles. The summed E-state index contributed by atoms with van der Waals surface area (Å²) < 4.78 is 13.7. The molecule has 0 radical (unpaired) electrons. The number of para-hydroxylation sites is 2. The van der Waals surface area contributed by atoms with Crippen molar-refractivity contribution in [2.24, 2.45) is 7.05 Å². The summed E-state index contributed by atoms with van der Waals surface area (Å²) in [5.41, 5.74) is 7.91. The third-order valence-electron chi connectivity index (χ3n) is 5.23. The van der Waals surface area contributed by atoms with Gasteiger partial charge in [-0.25, -0.2) is 4.98 Å². The highest BCUT2D eigenvalue weighted by Crippen LogP contribution is 2.37. The Kier molecular flexibility index (Phi) is 7.12. The number of nitrogens with zero attached hydrogens (tertiary/aromatic N) is 2. The highest BCUT2D eigenvalue weighted by Gasteiger charge is 2.17. The van der Waals surface area contributed by atoms with Crippen LogP contribution in [0.25, 0.3) is 11.0 Å². The van der Waals surface area contributed by atoms with Crippen molar-refractivity contribution in [3.8, 4) is 11.5 Å². The van der Waals surface area contributed by atoms with E-state index >= 15 is 0 Å². The van der Waals surface area contributed by atoms with Crippen molar-refractivity contribution in [2.75, 3.05) is 7.11 Å². The molecule has 2 amide bonds. The van der Waals surface area contributed by atoms with E-state index in [4.69, 9.17) is 9.47 Å². The van der Waals surface area contributed by atoms with E-state index in [1.807, 2.05) is 66.2 Å². The summed E-state index contributed by atoms with van der Waals surface area (Å²) in [5, 5.41) is 0. The molecular weight excluding hydrogens is 500 g/mol. The predicted octanol–water partition coefficient (Wildman–Crippen LogP) is 3.93. The quantitative estimate of drug-likeness (QED) is 0.358. The summed E-state index contributed by atoms with van der Waals surface area (Å²) in [7, 11) is 3.35. The highest BCUT2D eigenvalue weighted by atomic mass is 79.9. The summed E-state index contributed by atoms with van der Waals surface area (Å²) in [6.07, 6.45) is 0.0186. The number of imidazole rings is 1. The number of amides is 2. The fourth-order valence-corrected chi connectivity index (χ4v) is 4.02. The number of benzene rings is 3. The molecule has 4 aromatic rings. The van der Waals surface area contributed by atoms with Gasteiger partial charge in [-0.15, -0.1) is 0 Å². The Morgan fingerprint density at radius 3 is 2.50 bits per heavy atom. The molecule has 0 aliphatic rings. The Bertz CT molecular complexity index is 1340. The lowest BCUT2D eigenvalue weighted by atomic mass is 10.2. The van der Waals surface area contributed by atoms with Gasteiger partial charge in [-0.1, -0.05) is 42.5 Å². The third-order valence-corrected chi connectivity index (χ3v) is 5.82. The molecule has 1 aromatic heterocycles. The Labute approximate surface area is 205 Å². The minimum atomic E-state index is -0.494. The SMILES string of the molecule is COc1cc(C(=O)NNC(=O)Cc2nc3ccccc3n2C)cc(Br)c1OCc1ccccc1. The summed E-state index contributed by atoms with van der Waals surface area (Å²) in [4.78, 5) is 29.5. The fraction of sp³-hybridized carbons (Fsp3) is 0.160. The molecule has 174 valence electrons. The molecule has 0 saturated heterocycles. The van der Waals surface area contributed by atoms with Gasteiger partial charge in [0.25, 0.3) is 5.91 Å². The molecule has 0 saturated carbocycles. The van der Waals surface area contributed by atoms with Gasteiger partial charge < -0.3 is 14.0 Å². The van der Waals surface area contributed by atoms with Crippen LogP contribution in [0.4, 0.5) is 0 Å². The van der Waals surface area contributed by atoms with Crippen molar-refractivity contribution in [3.05, 3.63) is 88.2 Å². The zero-order valence-corrected chi connectivity index (χ0v) is 20.3. The van der Waals surface area contributed by atoms with Gasteiger partial charge in [0, 0.05) is 12.6 Å². The number of halogens is 1. The predicted molar refractivity (Wildman–Crippen MR) is 131 cm³/mol. The lowest BCUT2D eigenvalue weighted by molar-refractivity contribution is -0.121. The van der Waals surface area contributed by atoms with Crippen molar-refractivity contribution in [1.29, 1.82) is 0 Å². The van der Waals surface area contributed by atoms with Gasteiger partial charge in [-0.05, 0) is 45.8 Å². The number of carbonyl (C=O) groups excluding carboxylic acids is 2. The average Bonchev–Trinajstić information content (AvgIpc) is 3.17. The average molecular weight is 523 g/mol. The van der Waals surface area contributed by atoms with E-state index in [0.717, 1.165) is 16.6 Å². The molecule has 8 nitrogen and oxygen atoms in total. The number of ether oxygens (including phenoxy) is 2. The largest absolute Gasteiger partial charge is 0.493 e. The lowest BCUT2D eigenvalue weighted by Crippen LogP contribution is -2.42. The molecule has 2 N–H and O–H groups in total. The normalized spacial score (nSPS) is 10.7. The number of nitrogens with one attached hydrogen (secondary N) is 2. The Balaban J connectivity index is 1.39. The molecule has 0 aliphatic heterocycles. The monoisotopic (exact) mass is 522 g/mol. The first kappa shape index (κ1) is 23.3. The van der Waals surface area contributed by atoms with Crippen LogP contribution in [0.2, 0.25) is 0 Å². The van der Waals surface area contributed by atoms with Gasteiger partial charge in [0.15, 0.2) is 11.5 Å². The molecular formula is C25H23BrN4O4. The number of carbonyl (C=O) groups is 2. The minimum absolute atomic E-state index is 0.0186. The van der Waals surface area contributed by atoms with E-state index in [1.54, 1.807) is 12.1 Å². The van der Waals surface area contributed by atoms with Crippen LogP contribution in [-0.4, -0.2) is 28.5 Å². The lowest BCUT2D eigenvalue weighted by Gasteiger charge is -2.15. The number of fused-ring (bicyclic) bond motifs is 1. The number of aryl methyl sites for hydroxylation is 1. The summed E-state index contributed by atoms with van der Waals surface area (Å²) >= 11 is 3.45. The molecule has 34 heavy (non-hydrogen) atoms. The van der Waals surface area contributed by atoms with Gasteiger partial charge in [0.05, 0.1) is 29.0 Å². The van der Waals surface area contributed by atoms with Crippen molar-refractivity contribution in [1.82, 2.24) is 20.4 Å². The zero-order chi connectivity index (χ0) is 24.1. The second kappa shape index (κ2) is 10.4. The van der Waals surface area contributed by atoms with Crippen molar-refractivity contribution >= 4 is 38.8 Å². The van der Waals surface area contributed by atoms with Crippen LogP contribution in [-0.2, 0) is 24.9 Å². The van der Waals surface area contributed by atoms with Crippen LogP contribution >= 0.6 is 15.9 Å². The fourth-order valence-electron chi connectivity index (χ4n) is 3.46. The summed E-state index contributed by atoms with van der Waals surface area (Å²) in [6.45, 7) is 0.347. The second-order valence-electron chi connectivity index (χ2n) is 7.52. The Hall–Kier alpha value is -3.85. The van der Waals surface area contributed by atoms with Gasteiger partial charge in [0.2, 0.25) is 5.91 Å². The van der Waals surface area contributed by atoms with Gasteiger partial charge in [-0.2, -0.15) is 0 Å². The molecule has 0 spiro atoms. The Morgan fingerprint density at radius 1 is 1.03 bits per heavy atom. The summed E-state index contributed by atoms with van der Waals surface area (Å²) in [6, 6.07) is 20.5. The maximum Gasteiger partial charge on any atom is 0.269 e. The van der Waals surface area contributed by atoms with E-state index in [0.29, 0.717) is 34.0 Å². The molecule has 3 aromatic carbocycles. The van der Waals surface area contributed by atoms with Crippen molar-refractivity contribution in [2.45, 2.75) is 13.0 Å². The third kappa shape index (κ3) is 5.20. The maximum absolute atomic E-state index is 12.7. The number of hydrogen-bond acceptors (Lipinski definition) is 5. The minimum Gasteiger partial charge on any atom is -0.493 e. The van der Waals surface area contributed by atoms with Gasteiger partial charge >= 0.3 is 0 Å². The van der Waals surface area contributed by atoms with Crippen LogP contribution < -0.4 is 20.3 Å². The zero-order valence-electron chi connectivity index (χ0n) is 18.7. The van der Waals surface area contributed by atoms with E-state index in [2.05, 4.69) is 31.8 Å². The van der Waals surface area contributed by atoms with E-state index in [-0.39, 0.29) is 12.3 Å². The first-order valence-corrected chi connectivity index (χ1v) is 11.3. The van der Waals surface area contributed by atoms with Gasteiger partial charge in [-0.3, -0.25) is 20.4 Å². The number of hydrogen-bond donors (Lipinski definition) is 2. The molecule has 4 rings (SSSR count). The van der Waals surface area contributed by atoms with Crippen LogP contribution in [0.5, 0.6) is 11.5 Å². The van der Waals surface area contributed by atoms with Gasteiger partial charge in [0.1, 0.15) is 12.4 Å². The van der Waals surface area contributed by atoms with Crippen LogP contribution in [0, 0.1) is 0 Å². The topological polar surface area (TPSA) is 94.5 Å². The standard InChI is InChI=1S/C25H23BrN4O4/c1-30-20-11-7-6-10-19(20)27-22(30)14-23(31)28-29-25(32)17-12-18(26)24(21(13-17)33-2)34-15-16-8-4-3-5-9-16/h3-13H,14-15H2,1-2H3,(H,28,31)(H,29,32). The van der Waals surface area contributed by atoms with E-state index < -0.39 is 5.91 Å². The molecule has 0 aliphatic carbocycles. The first-order chi connectivity index (χ1) is 16.5. The number of aromatic nitrogens is 2. The molecule has 0 fully saturated rings. The van der Waals surface area contributed by atoms with E-state index in [1.165, 1.54) is 7.11 Å². The van der Waals surface area contributed by atoms with Crippen LogP contribution in [0.15, 0.2) is 71.2 Å². The Morgan fingerprint density at radius 2 is 1.76 bits per heavy atom. The molecule has 0 atom stereocenters. The smallest absolute Gasteiger partial charge is 0.269 e. The first-order valence-electron chi connectivity index (χ1n) is 10.5. The maximum atomic E-state index is 12.7. The molecule has 0 bridgehead atoms. The van der Waals surface area contributed by atoms with Crippen molar-refractivity contribution in [3.63, 3.8) is 0 Å². The van der Waals surface area contributed by atoms with Crippen LogP contribution in [0.1, 0.15) is 21.7 Å². The number of methoxy groups -OCH3 is 1.